The summed E-state index contributed by atoms with van der Waals surface area (Å²) in [6.07, 6.45) is 5.71. The summed E-state index contributed by atoms with van der Waals surface area (Å²) in [5.41, 5.74) is 1.98. The molecule has 1 fully saturated rings. The highest BCUT2D eigenvalue weighted by Crippen LogP contribution is 2.32. The Morgan fingerprint density at radius 1 is 1.40 bits per heavy atom. The zero-order valence-electron chi connectivity index (χ0n) is 11.1. The Morgan fingerprint density at radius 2 is 2.15 bits per heavy atom. The van der Waals surface area contributed by atoms with Crippen LogP contribution in [0.25, 0.3) is 5.69 Å². The lowest BCUT2D eigenvalue weighted by Crippen LogP contribution is -2.37. The summed E-state index contributed by atoms with van der Waals surface area (Å²) in [6, 6.07) is 9.41. The van der Waals surface area contributed by atoms with E-state index in [4.69, 9.17) is 5.11 Å². The smallest absolute Gasteiger partial charge is 0.320 e. The van der Waals surface area contributed by atoms with Gasteiger partial charge in [-0.2, -0.15) is 5.10 Å². The van der Waals surface area contributed by atoms with Gasteiger partial charge in [0.05, 0.1) is 11.9 Å². The van der Waals surface area contributed by atoms with Crippen molar-refractivity contribution in [3.8, 4) is 5.69 Å². The fourth-order valence-corrected chi connectivity index (χ4v) is 2.29. The van der Waals surface area contributed by atoms with Crippen molar-refractivity contribution in [2.24, 2.45) is 5.92 Å². The minimum atomic E-state index is -0.761. The van der Waals surface area contributed by atoms with Crippen molar-refractivity contribution in [1.82, 2.24) is 15.1 Å². The molecule has 0 saturated heterocycles. The van der Waals surface area contributed by atoms with Gasteiger partial charge in [0.1, 0.15) is 6.04 Å². The van der Waals surface area contributed by atoms with Crippen LogP contribution in [0.4, 0.5) is 0 Å². The quantitative estimate of drug-likeness (QED) is 0.841. The molecule has 1 aromatic carbocycles. The van der Waals surface area contributed by atoms with Crippen LogP contribution >= 0.6 is 0 Å². The molecule has 2 aromatic rings. The molecule has 0 amide bonds. The van der Waals surface area contributed by atoms with Crippen molar-refractivity contribution in [3.05, 3.63) is 48.3 Å². The number of hydrogen-bond donors (Lipinski definition) is 2. The lowest BCUT2D eigenvalue weighted by molar-refractivity contribution is -0.140. The first-order chi connectivity index (χ1) is 9.74. The number of nitrogens with one attached hydrogen (secondary N) is 1. The summed E-state index contributed by atoms with van der Waals surface area (Å²) in [7, 11) is 0. The predicted molar refractivity (Wildman–Crippen MR) is 74.6 cm³/mol. The van der Waals surface area contributed by atoms with Crippen molar-refractivity contribution in [2.75, 3.05) is 0 Å². The average molecular weight is 271 g/mol. The van der Waals surface area contributed by atoms with Crippen LogP contribution in [0.15, 0.2) is 42.7 Å². The maximum atomic E-state index is 11.1. The van der Waals surface area contributed by atoms with Gasteiger partial charge in [-0.3, -0.25) is 10.1 Å². The third-order valence-electron chi connectivity index (χ3n) is 3.54. The molecule has 1 heterocycles. The molecule has 1 aliphatic rings. The Hall–Kier alpha value is -2.14. The molecule has 5 heteroatoms. The van der Waals surface area contributed by atoms with E-state index in [-0.39, 0.29) is 5.92 Å². The second kappa shape index (κ2) is 5.46. The average Bonchev–Trinajstić information content (AvgIpc) is 3.17. The number of nitrogens with zero attached hydrogens (tertiary/aromatic N) is 2. The largest absolute Gasteiger partial charge is 0.480 e. The van der Waals surface area contributed by atoms with Gasteiger partial charge in [-0.1, -0.05) is 18.2 Å². The van der Waals surface area contributed by atoms with Gasteiger partial charge in [0.15, 0.2) is 0 Å². The summed E-state index contributed by atoms with van der Waals surface area (Å²) >= 11 is 0. The van der Waals surface area contributed by atoms with E-state index in [1.54, 1.807) is 10.9 Å². The molecule has 1 atom stereocenters. The van der Waals surface area contributed by atoms with Gasteiger partial charge in [-0.25, -0.2) is 4.68 Å². The summed E-state index contributed by atoms with van der Waals surface area (Å²) < 4.78 is 1.80. The van der Waals surface area contributed by atoms with Gasteiger partial charge in [0, 0.05) is 18.3 Å². The molecule has 1 unspecified atom stereocenters. The summed E-state index contributed by atoms with van der Waals surface area (Å²) in [4.78, 5) is 11.1. The van der Waals surface area contributed by atoms with Crippen molar-refractivity contribution in [1.29, 1.82) is 0 Å². The van der Waals surface area contributed by atoms with E-state index >= 15 is 0 Å². The first kappa shape index (κ1) is 12.9. The van der Waals surface area contributed by atoms with E-state index in [9.17, 15) is 4.79 Å². The maximum absolute atomic E-state index is 11.1. The maximum Gasteiger partial charge on any atom is 0.320 e. The molecular weight excluding hydrogens is 254 g/mol. The molecule has 0 bridgehead atoms. The van der Waals surface area contributed by atoms with Crippen LogP contribution in [0.5, 0.6) is 0 Å². The Morgan fingerprint density at radius 3 is 2.80 bits per heavy atom. The molecular formula is C15H17N3O2. The van der Waals surface area contributed by atoms with E-state index in [0.717, 1.165) is 24.1 Å². The molecule has 0 aliphatic heterocycles. The Labute approximate surface area is 117 Å². The Balaban J connectivity index is 1.64. The van der Waals surface area contributed by atoms with Gasteiger partial charge in [0.25, 0.3) is 0 Å². The third kappa shape index (κ3) is 2.88. The second-order valence-corrected chi connectivity index (χ2v) is 5.16. The van der Waals surface area contributed by atoms with Gasteiger partial charge in [-0.15, -0.1) is 0 Å². The monoisotopic (exact) mass is 271 g/mol. The van der Waals surface area contributed by atoms with E-state index in [1.165, 1.54) is 0 Å². The third-order valence-corrected chi connectivity index (χ3v) is 3.54. The molecule has 2 N–H and O–H groups in total. The topological polar surface area (TPSA) is 67.2 Å². The van der Waals surface area contributed by atoms with E-state index in [1.807, 2.05) is 36.5 Å². The van der Waals surface area contributed by atoms with Crippen LogP contribution in [0.1, 0.15) is 18.4 Å². The molecule has 3 rings (SSSR count). The standard InChI is InChI=1S/C15H17N3O2/c19-15(20)14(12-6-7-12)16-8-11-9-17-18(10-11)13-4-2-1-3-5-13/h1-5,9-10,12,14,16H,6-8H2,(H,19,20). The highest BCUT2D eigenvalue weighted by molar-refractivity contribution is 5.74. The van der Waals surface area contributed by atoms with Crippen molar-refractivity contribution in [3.63, 3.8) is 0 Å². The number of carboxylic acids is 1. The summed E-state index contributed by atoms with van der Waals surface area (Å²) in [5.74, 6) is -0.473. The predicted octanol–water partition coefficient (Wildman–Crippen LogP) is 1.83. The molecule has 20 heavy (non-hydrogen) atoms. The number of rotatable bonds is 6. The van der Waals surface area contributed by atoms with E-state index < -0.39 is 12.0 Å². The number of carboxylic acid groups (broad SMARTS) is 1. The van der Waals surface area contributed by atoms with Crippen LogP contribution < -0.4 is 5.32 Å². The van der Waals surface area contributed by atoms with Crippen molar-refractivity contribution >= 4 is 5.97 Å². The van der Waals surface area contributed by atoms with Gasteiger partial charge >= 0.3 is 5.97 Å². The molecule has 1 aliphatic carbocycles. The SMILES string of the molecule is O=C(O)C(NCc1cnn(-c2ccccc2)c1)C1CC1. The highest BCUT2D eigenvalue weighted by Gasteiger charge is 2.35. The van der Waals surface area contributed by atoms with E-state index in [2.05, 4.69) is 10.4 Å². The first-order valence-electron chi connectivity index (χ1n) is 6.79. The zero-order chi connectivity index (χ0) is 13.9. The minimum absolute atomic E-state index is 0.289. The number of aromatic nitrogens is 2. The van der Waals surface area contributed by atoms with E-state index in [0.29, 0.717) is 6.54 Å². The molecule has 1 saturated carbocycles. The zero-order valence-corrected chi connectivity index (χ0v) is 11.1. The van der Waals surface area contributed by atoms with Crippen LogP contribution in [0, 0.1) is 5.92 Å². The lowest BCUT2D eigenvalue weighted by Gasteiger charge is -2.12. The number of carbonyl (C=O) groups is 1. The molecule has 1 aromatic heterocycles. The fraction of sp³-hybridized carbons (Fsp3) is 0.333. The number of hydrogen-bond acceptors (Lipinski definition) is 3. The molecule has 104 valence electrons. The lowest BCUT2D eigenvalue weighted by atomic mass is 10.2. The Bertz CT molecular complexity index is 590. The van der Waals surface area contributed by atoms with Gasteiger partial charge in [-0.05, 0) is 30.9 Å². The van der Waals surface area contributed by atoms with Gasteiger partial charge in [0.2, 0.25) is 0 Å². The highest BCUT2D eigenvalue weighted by atomic mass is 16.4. The molecule has 5 nitrogen and oxygen atoms in total. The van der Waals surface area contributed by atoms with Crippen LogP contribution in [-0.4, -0.2) is 26.9 Å². The summed E-state index contributed by atoms with van der Waals surface area (Å²) in [6.45, 7) is 0.528. The summed E-state index contributed by atoms with van der Waals surface area (Å²) in [5, 5.41) is 16.6. The fourth-order valence-electron chi connectivity index (χ4n) is 2.29. The van der Waals surface area contributed by atoms with Gasteiger partial charge < -0.3 is 5.11 Å². The number of benzene rings is 1. The molecule has 0 spiro atoms. The van der Waals surface area contributed by atoms with Crippen LogP contribution in [0.2, 0.25) is 0 Å². The second-order valence-electron chi connectivity index (χ2n) is 5.16. The number of aliphatic carboxylic acids is 1. The molecule has 0 radical (unpaired) electrons. The first-order valence-corrected chi connectivity index (χ1v) is 6.79. The minimum Gasteiger partial charge on any atom is -0.480 e. The Kier molecular flexibility index (Phi) is 3.52. The van der Waals surface area contributed by atoms with Crippen LogP contribution in [-0.2, 0) is 11.3 Å². The number of para-hydroxylation sites is 1. The normalized spacial score (nSPS) is 16.0. The van der Waals surface area contributed by atoms with Crippen LogP contribution in [0.3, 0.4) is 0 Å². The van der Waals surface area contributed by atoms with Crippen molar-refractivity contribution < 1.29 is 9.90 Å². The van der Waals surface area contributed by atoms with Crippen molar-refractivity contribution in [2.45, 2.75) is 25.4 Å².